The van der Waals surface area contributed by atoms with E-state index in [2.05, 4.69) is 0 Å². The summed E-state index contributed by atoms with van der Waals surface area (Å²) in [5, 5.41) is 9.19. The third kappa shape index (κ3) is 1.65. The highest BCUT2D eigenvalue weighted by atomic mass is 16.5. The van der Waals surface area contributed by atoms with E-state index in [1.807, 2.05) is 19.1 Å². The van der Waals surface area contributed by atoms with Gasteiger partial charge in [-0.1, -0.05) is 12.1 Å². The maximum atomic E-state index is 11.2. The lowest BCUT2D eigenvalue weighted by Gasteiger charge is -2.14. The van der Waals surface area contributed by atoms with Gasteiger partial charge in [-0.05, 0) is 25.0 Å². The van der Waals surface area contributed by atoms with Gasteiger partial charge in [0.1, 0.15) is 11.7 Å². The van der Waals surface area contributed by atoms with Crippen LogP contribution in [0.2, 0.25) is 0 Å². The number of hydrogen-bond acceptors (Lipinski definition) is 3. The zero-order valence-corrected chi connectivity index (χ0v) is 9.14. The second-order valence-electron chi connectivity index (χ2n) is 3.95. The maximum Gasteiger partial charge on any atom is 0.312 e. The molecule has 4 nitrogen and oxygen atoms in total. The zero-order valence-electron chi connectivity index (χ0n) is 9.14. The largest absolute Gasteiger partial charge is 0.494 e. The van der Waals surface area contributed by atoms with Gasteiger partial charge in [0.15, 0.2) is 0 Å². The number of nitrogens with two attached hydrogens (primary N) is 1. The van der Waals surface area contributed by atoms with Crippen molar-refractivity contribution in [3.8, 4) is 5.75 Å². The topological polar surface area (TPSA) is 72.5 Å². The highest BCUT2D eigenvalue weighted by Crippen LogP contribution is 2.39. The molecule has 1 aromatic carbocycles. The molecule has 0 aromatic heterocycles. The van der Waals surface area contributed by atoms with Gasteiger partial charge < -0.3 is 15.6 Å². The molecule has 4 heteroatoms. The first-order chi connectivity index (χ1) is 7.65. The molecule has 0 saturated heterocycles. The molecule has 0 aliphatic heterocycles. The van der Waals surface area contributed by atoms with E-state index in [0.717, 1.165) is 11.1 Å². The highest BCUT2D eigenvalue weighted by Gasteiger charge is 2.37. The standard InChI is InChI=1S/C12H15NO3/c1-2-16-9-5-3-4-7-6-8(13)11(10(7)9)12(14)15/h3-5,8,11H,2,6,13H2,1H3,(H,14,15). The molecule has 0 bridgehead atoms. The average molecular weight is 221 g/mol. The van der Waals surface area contributed by atoms with E-state index in [0.29, 0.717) is 18.8 Å². The quantitative estimate of drug-likeness (QED) is 0.802. The first-order valence-corrected chi connectivity index (χ1v) is 5.38. The number of benzene rings is 1. The van der Waals surface area contributed by atoms with Gasteiger partial charge in [0.25, 0.3) is 0 Å². The van der Waals surface area contributed by atoms with Crippen molar-refractivity contribution in [2.75, 3.05) is 6.61 Å². The summed E-state index contributed by atoms with van der Waals surface area (Å²) < 4.78 is 5.46. The third-order valence-corrected chi connectivity index (χ3v) is 2.92. The van der Waals surface area contributed by atoms with E-state index in [1.54, 1.807) is 6.07 Å². The van der Waals surface area contributed by atoms with Crippen LogP contribution < -0.4 is 10.5 Å². The van der Waals surface area contributed by atoms with Crippen LogP contribution in [0.25, 0.3) is 0 Å². The van der Waals surface area contributed by atoms with Crippen LogP contribution >= 0.6 is 0 Å². The summed E-state index contributed by atoms with van der Waals surface area (Å²) in [6, 6.07) is 5.24. The van der Waals surface area contributed by atoms with Crippen molar-refractivity contribution in [3.63, 3.8) is 0 Å². The smallest absolute Gasteiger partial charge is 0.312 e. The zero-order chi connectivity index (χ0) is 11.7. The van der Waals surface area contributed by atoms with Gasteiger partial charge in [0.2, 0.25) is 0 Å². The van der Waals surface area contributed by atoms with E-state index >= 15 is 0 Å². The van der Waals surface area contributed by atoms with Crippen molar-refractivity contribution in [3.05, 3.63) is 29.3 Å². The second-order valence-corrected chi connectivity index (χ2v) is 3.95. The first kappa shape index (κ1) is 11.0. The molecule has 16 heavy (non-hydrogen) atoms. The minimum atomic E-state index is -0.876. The predicted molar refractivity (Wildman–Crippen MR) is 59.7 cm³/mol. The molecule has 0 spiro atoms. The summed E-state index contributed by atoms with van der Waals surface area (Å²) in [5.74, 6) is -0.864. The van der Waals surface area contributed by atoms with Gasteiger partial charge in [-0.3, -0.25) is 4.79 Å². The summed E-state index contributed by atoms with van der Waals surface area (Å²) in [6.07, 6.45) is 0.604. The van der Waals surface area contributed by atoms with E-state index in [-0.39, 0.29) is 6.04 Å². The van der Waals surface area contributed by atoms with Crippen molar-refractivity contribution in [1.82, 2.24) is 0 Å². The molecular formula is C12H15NO3. The minimum absolute atomic E-state index is 0.353. The summed E-state index contributed by atoms with van der Waals surface area (Å²) in [6.45, 7) is 2.40. The Morgan fingerprint density at radius 1 is 1.62 bits per heavy atom. The lowest BCUT2D eigenvalue weighted by molar-refractivity contribution is -0.139. The molecule has 0 radical (unpaired) electrons. The van der Waals surface area contributed by atoms with E-state index in [1.165, 1.54) is 0 Å². The Morgan fingerprint density at radius 3 is 3.00 bits per heavy atom. The number of carboxylic acids is 1. The first-order valence-electron chi connectivity index (χ1n) is 5.38. The Hall–Kier alpha value is -1.55. The number of ether oxygens (including phenoxy) is 1. The number of carboxylic acid groups (broad SMARTS) is 1. The molecule has 0 saturated carbocycles. The number of carbonyl (C=O) groups is 1. The average Bonchev–Trinajstić information content (AvgIpc) is 2.55. The van der Waals surface area contributed by atoms with Gasteiger partial charge in [0, 0.05) is 11.6 Å². The summed E-state index contributed by atoms with van der Waals surface area (Å²) in [4.78, 5) is 11.2. The Bertz CT molecular complexity index is 417. The fourth-order valence-electron chi connectivity index (χ4n) is 2.29. The van der Waals surface area contributed by atoms with Gasteiger partial charge in [-0.25, -0.2) is 0 Å². The molecule has 2 atom stereocenters. The molecule has 3 N–H and O–H groups in total. The van der Waals surface area contributed by atoms with Crippen LogP contribution in [0, 0.1) is 0 Å². The van der Waals surface area contributed by atoms with Crippen molar-refractivity contribution in [1.29, 1.82) is 0 Å². The number of rotatable bonds is 3. The fourth-order valence-corrected chi connectivity index (χ4v) is 2.29. The lowest BCUT2D eigenvalue weighted by atomic mass is 9.98. The monoisotopic (exact) mass is 221 g/mol. The Kier molecular flexibility index (Phi) is 2.83. The van der Waals surface area contributed by atoms with Crippen molar-refractivity contribution >= 4 is 5.97 Å². The van der Waals surface area contributed by atoms with Crippen molar-refractivity contribution < 1.29 is 14.6 Å². The van der Waals surface area contributed by atoms with Gasteiger partial charge in [0.05, 0.1) is 6.61 Å². The molecule has 1 aliphatic rings. The van der Waals surface area contributed by atoms with E-state index in [9.17, 15) is 9.90 Å². The molecule has 0 fully saturated rings. The van der Waals surface area contributed by atoms with E-state index in [4.69, 9.17) is 10.5 Å². The fraction of sp³-hybridized carbons (Fsp3) is 0.417. The molecule has 0 amide bonds. The Morgan fingerprint density at radius 2 is 2.38 bits per heavy atom. The molecule has 2 unspecified atom stereocenters. The summed E-state index contributed by atoms with van der Waals surface area (Å²) in [7, 11) is 0. The van der Waals surface area contributed by atoms with Gasteiger partial charge in [-0.15, -0.1) is 0 Å². The van der Waals surface area contributed by atoms with Crippen LogP contribution in [-0.4, -0.2) is 23.7 Å². The third-order valence-electron chi connectivity index (χ3n) is 2.92. The summed E-state index contributed by atoms with van der Waals surface area (Å²) in [5.41, 5.74) is 7.60. The van der Waals surface area contributed by atoms with Crippen LogP contribution in [0.5, 0.6) is 5.75 Å². The number of fused-ring (bicyclic) bond motifs is 1. The van der Waals surface area contributed by atoms with Crippen LogP contribution in [0.1, 0.15) is 24.0 Å². The molecule has 2 rings (SSSR count). The molecule has 1 aliphatic carbocycles. The number of aliphatic carboxylic acids is 1. The molecular weight excluding hydrogens is 206 g/mol. The van der Waals surface area contributed by atoms with Gasteiger partial charge >= 0.3 is 5.97 Å². The van der Waals surface area contributed by atoms with Crippen LogP contribution in [0.4, 0.5) is 0 Å². The van der Waals surface area contributed by atoms with Crippen LogP contribution in [0.3, 0.4) is 0 Å². The Balaban J connectivity index is 2.48. The number of hydrogen-bond donors (Lipinski definition) is 2. The molecule has 1 aromatic rings. The molecule has 0 heterocycles. The van der Waals surface area contributed by atoms with Crippen molar-refractivity contribution in [2.45, 2.75) is 25.3 Å². The highest BCUT2D eigenvalue weighted by molar-refractivity contribution is 5.80. The van der Waals surface area contributed by atoms with Crippen molar-refractivity contribution in [2.24, 2.45) is 5.73 Å². The minimum Gasteiger partial charge on any atom is -0.494 e. The molecule has 86 valence electrons. The second kappa shape index (κ2) is 4.14. The predicted octanol–water partition coefficient (Wildman–Crippen LogP) is 1.14. The summed E-state index contributed by atoms with van der Waals surface area (Å²) >= 11 is 0. The Labute approximate surface area is 94.0 Å². The van der Waals surface area contributed by atoms with E-state index < -0.39 is 11.9 Å². The maximum absolute atomic E-state index is 11.2. The normalized spacial score (nSPS) is 22.9. The van der Waals surface area contributed by atoms with Crippen LogP contribution in [-0.2, 0) is 11.2 Å². The SMILES string of the molecule is CCOc1cccc2c1C(C(=O)O)C(N)C2. The van der Waals surface area contributed by atoms with Crippen LogP contribution in [0.15, 0.2) is 18.2 Å². The lowest BCUT2D eigenvalue weighted by Crippen LogP contribution is -2.30. The van der Waals surface area contributed by atoms with Gasteiger partial charge in [-0.2, -0.15) is 0 Å².